The van der Waals surface area contributed by atoms with Crippen molar-refractivity contribution in [1.82, 2.24) is 9.88 Å². The topological polar surface area (TPSA) is 88.4 Å². The zero-order valence-corrected chi connectivity index (χ0v) is 21.1. The number of hydrogen-bond donors (Lipinski definition) is 2. The minimum Gasteiger partial charge on any atom is -0.481 e. The number of benzene rings is 1. The maximum Gasteiger partial charge on any atom is 0.305 e. The third-order valence-electron chi connectivity index (χ3n) is 5.88. The van der Waals surface area contributed by atoms with Crippen LogP contribution in [0.1, 0.15) is 61.0 Å². The van der Waals surface area contributed by atoms with Crippen LogP contribution < -0.4 is 10.9 Å². The summed E-state index contributed by atoms with van der Waals surface area (Å²) < 4.78 is 1.44. The molecule has 0 fully saturated rings. The van der Waals surface area contributed by atoms with Gasteiger partial charge in [-0.1, -0.05) is 32.0 Å². The van der Waals surface area contributed by atoms with Crippen molar-refractivity contribution >= 4 is 23.2 Å². The number of pyridine rings is 1. The second kappa shape index (κ2) is 10.8. The minimum absolute atomic E-state index is 0.165. The Bertz CT molecular complexity index is 1220. The van der Waals surface area contributed by atoms with Crippen molar-refractivity contribution in [3.8, 4) is 10.4 Å². The smallest absolute Gasteiger partial charge is 0.305 e. The van der Waals surface area contributed by atoms with E-state index in [0.29, 0.717) is 6.42 Å². The first kappa shape index (κ1) is 25.4. The quantitative estimate of drug-likeness (QED) is 0.428. The van der Waals surface area contributed by atoms with Gasteiger partial charge in [0.25, 0.3) is 5.56 Å². The normalized spacial score (nSPS) is 13.0. The highest BCUT2D eigenvalue weighted by Crippen LogP contribution is 2.35. The van der Waals surface area contributed by atoms with Gasteiger partial charge >= 0.3 is 5.97 Å². The van der Waals surface area contributed by atoms with Gasteiger partial charge in [0.2, 0.25) is 5.91 Å². The van der Waals surface area contributed by atoms with Gasteiger partial charge in [-0.05, 0) is 78.4 Å². The molecule has 0 aliphatic carbocycles. The average Bonchev–Trinajstić information content (AvgIpc) is 3.21. The van der Waals surface area contributed by atoms with E-state index in [1.54, 1.807) is 12.3 Å². The lowest BCUT2D eigenvalue weighted by atomic mass is 9.99. The molecule has 0 aliphatic heterocycles. The van der Waals surface area contributed by atoms with Crippen LogP contribution in [-0.2, 0) is 9.59 Å². The second-order valence-electron chi connectivity index (χ2n) is 9.27. The fourth-order valence-electron chi connectivity index (χ4n) is 4.20. The molecule has 3 aromatic rings. The van der Waals surface area contributed by atoms with E-state index in [-0.39, 0.29) is 23.8 Å². The maximum absolute atomic E-state index is 13.4. The second-order valence-corrected chi connectivity index (χ2v) is 10.2. The lowest BCUT2D eigenvalue weighted by Gasteiger charge is -2.24. The number of thiophene rings is 1. The molecule has 0 bridgehead atoms. The average molecular weight is 481 g/mol. The van der Waals surface area contributed by atoms with Gasteiger partial charge < -0.3 is 15.0 Å². The summed E-state index contributed by atoms with van der Waals surface area (Å²) in [5, 5.41) is 14.4. The summed E-state index contributed by atoms with van der Waals surface area (Å²) in [6, 6.07) is 9.96. The van der Waals surface area contributed by atoms with Gasteiger partial charge in [0.05, 0.1) is 12.5 Å². The van der Waals surface area contributed by atoms with Gasteiger partial charge in [-0.15, -0.1) is 11.3 Å². The number of aromatic nitrogens is 1. The van der Waals surface area contributed by atoms with Crippen LogP contribution in [0.3, 0.4) is 0 Å². The van der Waals surface area contributed by atoms with Crippen LogP contribution in [0.15, 0.2) is 52.8 Å². The lowest BCUT2D eigenvalue weighted by Crippen LogP contribution is -2.40. The van der Waals surface area contributed by atoms with Crippen molar-refractivity contribution in [2.75, 3.05) is 0 Å². The molecule has 2 N–H and O–H groups in total. The third-order valence-corrected chi connectivity index (χ3v) is 6.85. The molecule has 34 heavy (non-hydrogen) atoms. The predicted molar refractivity (Wildman–Crippen MR) is 136 cm³/mol. The molecule has 0 spiro atoms. The van der Waals surface area contributed by atoms with Crippen LogP contribution >= 0.6 is 11.3 Å². The van der Waals surface area contributed by atoms with Crippen LogP contribution in [-0.4, -0.2) is 21.6 Å². The Hall–Kier alpha value is -3.19. The Morgan fingerprint density at radius 2 is 1.76 bits per heavy atom. The van der Waals surface area contributed by atoms with Crippen molar-refractivity contribution in [2.24, 2.45) is 5.92 Å². The highest BCUT2D eigenvalue weighted by atomic mass is 32.1. The number of hydrogen-bond acceptors (Lipinski definition) is 4. The number of amides is 1. The van der Waals surface area contributed by atoms with E-state index in [1.165, 1.54) is 22.0 Å². The summed E-state index contributed by atoms with van der Waals surface area (Å²) in [5.41, 5.74) is 4.74. The monoisotopic (exact) mass is 480 g/mol. The summed E-state index contributed by atoms with van der Waals surface area (Å²) >= 11 is 1.53. The molecule has 0 radical (unpaired) electrons. The van der Waals surface area contributed by atoms with Gasteiger partial charge in [-0.25, -0.2) is 0 Å². The molecule has 3 rings (SSSR count). The summed E-state index contributed by atoms with van der Waals surface area (Å²) in [5.74, 6) is -1.19. The van der Waals surface area contributed by atoms with E-state index in [0.717, 1.165) is 32.7 Å². The molecule has 1 amide bonds. The Morgan fingerprint density at radius 1 is 1.09 bits per heavy atom. The molecule has 0 aliphatic rings. The van der Waals surface area contributed by atoms with Gasteiger partial charge in [0, 0.05) is 17.1 Å². The van der Waals surface area contributed by atoms with Gasteiger partial charge in [0.1, 0.15) is 6.04 Å². The lowest BCUT2D eigenvalue weighted by molar-refractivity contribution is -0.138. The number of aryl methyl sites for hydroxylation is 3. The number of nitrogens with zero attached hydrogens (tertiary/aromatic N) is 1. The highest BCUT2D eigenvalue weighted by Gasteiger charge is 2.27. The van der Waals surface area contributed by atoms with E-state index >= 15 is 0 Å². The number of rotatable bonds is 9. The summed E-state index contributed by atoms with van der Waals surface area (Å²) in [7, 11) is 0. The molecule has 6 nitrogen and oxygen atoms in total. The Morgan fingerprint density at radius 3 is 2.35 bits per heavy atom. The first-order valence-electron chi connectivity index (χ1n) is 11.4. The van der Waals surface area contributed by atoms with Crippen molar-refractivity contribution in [1.29, 1.82) is 0 Å². The molecule has 2 heterocycles. The molecule has 2 atom stereocenters. The molecule has 0 saturated carbocycles. The first-order chi connectivity index (χ1) is 16.1. The third kappa shape index (κ3) is 6.03. The highest BCUT2D eigenvalue weighted by molar-refractivity contribution is 7.13. The van der Waals surface area contributed by atoms with Crippen molar-refractivity contribution in [2.45, 2.75) is 59.5 Å². The molecule has 0 unspecified atom stereocenters. The van der Waals surface area contributed by atoms with E-state index in [9.17, 15) is 19.5 Å². The number of nitrogens with one attached hydrogen (secondary N) is 1. The Kier molecular flexibility index (Phi) is 8.10. The van der Waals surface area contributed by atoms with Gasteiger partial charge in [-0.3, -0.25) is 14.4 Å². The first-order valence-corrected chi connectivity index (χ1v) is 12.3. The van der Waals surface area contributed by atoms with Gasteiger partial charge in [-0.2, -0.15) is 0 Å². The molecule has 1 aromatic carbocycles. The Balaban J connectivity index is 1.94. The molecular weight excluding hydrogens is 448 g/mol. The largest absolute Gasteiger partial charge is 0.481 e. The summed E-state index contributed by atoms with van der Waals surface area (Å²) in [4.78, 5) is 38.7. The van der Waals surface area contributed by atoms with E-state index in [2.05, 4.69) is 5.32 Å². The van der Waals surface area contributed by atoms with E-state index in [1.807, 2.05) is 64.3 Å². The molecule has 2 aromatic heterocycles. The number of carbonyl (C=O) groups is 2. The van der Waals surface area contributed by atoms with Crippen LogP contribution in [0.2, 0.25) is 0 Å². The van der Waals surface area contributed by atoms with Crippen LogP contribution in [0.4, 0.5) is 0 Å². The fraction of sp³-hybridized carbons (Fsp3) is 0.370. The number of carboxylic acid groups (broad SMARTS) is 1. The predicted octanol–water partition coefficient (Wildman–Crippen LogP) is 5.42. The van der Waals surface area contributed by atoms with Crippen LogP contribution in [0, 0.1) is 26.7 Å². The summed E-state index contributed by atoms with van der Waals surface area (Å²) in [6.07, 6.45) is 1.86. The van der Waals surface area contributed by atoms with Crippen LogP contribution in [0.25, 0.3) is 10.4 Å². The fourth-order valence-corrected chi connectivity index (χ4v) is 5.34. The molecule has 180 valence electrons. The maximum atomic E-state index is 13.4. The van der Waals surface area contributed by atoms with E-state index in [4.69, 9.17) is 0 Å². The van der Waals surface area contributed by atoms with Crippen LogP contribution in [0.5, 0.6) is 0 Å². The standard InChI is InChI=1S/C27H32N2O4S/c1-16(2)11-22(29-10-9-17(3)12-24(29)30)27(33)28-21(14-25(31)32)20-13-23(34-15-20)26-18(4)7-6-8-19(26)5/h6-10,12-13,15-16,21-22H,11,14H2,1-5H3,(H,28,33)(H,31,32)/t21-,22-/m1/s1. The molecule has 0 saturated heterocycles. The van der Waals surface area contributed by atoms with Crippen molar-refractivity contribution in [3.63, 3.8) is 0 Å². The zero-order chi connectivity index (χ0) is 25.0. The molecule has 7 heteroatoms. The Labute approximate surface area is 204 Å². The van der Waals surface area contributed by atoms with Gasteiger partial charge in [0.15, 0.2) is 0 Å². The summed E-state index contributed by atoms with van der Waals surface area (Å²) in [6.45, 7) is 9.91. The minimum atomic E-state index is -1.00. The molecular formula is C27H32N2O4S. The van der Waals surface area contributed by atoms with E-state index < -0.39 is 18.1 Å². The van der Waals surface area contributed by atoms with Crippen molar-refractivity contribution in [3.05, 3.63) is 80.6 Å². The zero-order valence-electron chi connectivity index (χ0n) is 20.3. The number of aliphatic carboxylic acids is 1. The number of carbonyl (C=O) groups excluding carboxylic acids is 1. The number of carboxylic acids is 1. The SMILES string of the molecule is Cc1ccn([C@H](CC(C)C)C(=O)N[C@H](CC(=O)O)c2csc(-c3c(C)cccc3C)c2)c(=O)c1. The van der Waals surface area contributed by atoms with Crippen molar-refractivity contribution < 1.29 is 14.7 Å².